The predicted molar refractivity (Wildman–Crippen MR) is 88.9 cm³/mol. The molecule has 4 nitrogen and oxygen atoms in total. The molecule has 0 bridgehead atoms. The van der Waals surface area contributed by atoms with E-state index >= 15 is 0 Å². The van der Waals surface area contributed by atoms with E-state index in [0.717, 1.165) is 0 Å². The number of fused-ring (bicyclic) bond motifs is 1. The summed E-state index contributed by atoms with van der Waals surface area (Å²) in [5, 5.41) is 2.74. The van der Waals surface area contributed by atoms with Crippen molar-refractivity contribution in [2.45, 2.75) is 32.3 Å². The summed E-state index contributed by atoms with van der Waals surface area (Å²) in [6, 6.07) is 11.7. The summed E-state index contributed by atoms with van der Waals surface area (Å²) in [5.74, 6) is -0.807. The molecule has 1 aliphatic rings. The third kappa shape index (κ3) is 3.02. The molecule has 0 spiro atoms. The van der Waals surface area contributed by atoms with Crippen molar-refractivity contribution in [3.63, 3.8) is 0 Å². The highest BCUT2D eigenvalue weighted by atomic mass is 19.1. The third-order valence-corrected chi connectivity index (χ3v) is 4.13. The van der Waals surface area contributed by atoms with E-state index in [0.29, 0.717) is 11.3 Å². The number of hydrogen-bond donors (Lipinski definition) is 1. The zero-order chi connectivity index (χ0) is 17.3. The molecule has 2 aromatic carbocycles. The van der Waals surface area contributed by atoms with Crippen molar-refractivity contribution in [2.24, 2.45) is 0 Å². The van der Waals surface area contributed by atoms with Crippen molar-refractivity contribution in [2.75, 3.05) is 5.32 Å². The molecule has 3 rings (SSSR count). The molecule has 1 amide bonds. The number of hydrogen-bond acceptors (Lipinski definition) is 3. The summed E-state index contributed by atoms with van der Waals surface area (Å²) in [6.45, 7) is 3.40. The molecule has 0 aromatic heterocycles. The maximum absolute atomic E-state index is 14.0. The lowest BCUT2D eigenvalue weighted by atomic mass is 10.0. The number of carbonyl (C=O) groups is 2. The second-order valence-electron chi connectivity index (χ2n) is 5.98. The Labute approximate surface area is 139 Å². The highest BCUT2D eigenvalue weighted by molar-refractivity contribution is 6.04. The minimum atomic E-state index is -0.816. The zero-order valence-electron chi connectivity index (χ0n) is 13.5. The van der Waals surface area contributed by atoms with Gasteiger partial charge in [-0.3, -0.25) is 9.59 Å². The monoisotopic (exact) mass is 327 g/mol. The summed E-state index contributed by atoms with van der Waals surface area (Å²) < 4.78 is 19.7. The Morgan fingerprint density at radius 2 is 1.96 bits per heavy atom. The van der Waals surface area contributed by atoms with E-state index in [4.69, 9.17) is 4.74 Å². The van der Waals surface area contributed by atoms with Gasteiger partial charge in [-0.1, -0.05) is 25.1 Å². The molecular weight excluding hydrogens is 309 g/mol. The van der Waals surface area contributed by atoms with Gasteiger partial charge in [-0.05, 0) is 37.1 Å². The summed E-state index contributed by atoms with van der Waals surface area (Å²) >= 11 is 0. The van der Waals surface area contributed by atoms with Crippen LogP contribution in [0.2, 0.25) is 0 Å². The van der Waals surface area contributed by atoms with Gasteiger partial charge >= 0.3 is 0 Å². The molecule has 5 heteroatoms. The number of benzene rings is 2. The average Bonchev–Trinajstić information content (AvgIpc) is 2.86. The van der Waals surface area contributed by atoms with Gasteiger partial charge < -0.3 is 10.1 Å². The first-order valence-corrected chi connectivity index (χ1v) is 7.85. The Bertz CT molecular complexity index is 789. The second-order valence-corrected chi connectivity index (χ2v) is 5.98. The second kappa shape index (κ2) is 6.43. The van der Waals surface area contributed by atoms with Crippen molar-refractivity contribution < 1.29 is 18.7 Å². The van der Waals surface area contributed by atoms with Crippen LogP contribution in [0.5, 0.6) is 5.75 Å². The highest BCUT2D eigenvalue weighted by Crippen LogP contribution is 2.40. The molecular formula is C19H18FNO3. The van der Waals surface area contributed by atoms with Crippen molar-refractivity contribution in [1.82, 2.24) is 0 Å². The molecule has 0 saturated carbocycles. The number of carbonyl (C=O) groups excluding carboxylic acids is 2. The van der Waals surface area contributed by atoms with Crippen molar-refractivity contribution in [3.05, 3.63) is 59.4 Å². The molecule has 0 radical (unpaired) electrons. The fraction of sp³-hybridized carbons (Fsp3) is 0.263. The van der Waals surface area contributed by atoms with Crippen LogP contribution in [0.15, 0.2) is 42.5 Å². The number of para-hydroxylation sites is 1. The van der Waals surface area contributed by atoms with Gasteiger partial charge in [0.25, 0.3) is 5.91 Å². The molecule has 24 heavy (non-hydrogen) atoms. The number of halogens is 1. The lowest BCUT2D eigenvalue weighted by Gasteiger charge is -2.17. The van der Waals surface area contributed by atoms with Crippen LogP contribution in [0.25, 0.3) is 0 Å². The summed E-state index contributed by atoms with van der Waals surface area (Å²) in [5.41, 5.74) is 1.31. The number of nitrogens with one attached hydrogen (secondary N) is 1. The van der Waals surface area contributed by atoms with Gasteiger partial charge in [0.15, 0.2) is 11.9 Å². The minimum Gasteiger partial charge on any atom is -0.480 e. The number of ketones is 1. The number of Topliss-reactive ketones (excluding diaryl/α,β-unsaturated/α-hetero) is 1. The molecule has 1 N–H and O–H groups in total. The standard InChI is InChI=1S/C19H18FNO3/c1-11-10-15(22)18-16(9-8-14(20)17(11)18)24-12(2)19(23)21-13-6-4-3-5-7-13/h3-9,11-12H,10H2,1-2H3,(H,21,23)/t11-,12+/m0/s1. The van der Waals surface area contributed by atoms with Gasteiger partial charge in [0, 0.05) is 17.7 Å². The summed E-state index contributed by atoms with van der Waals surface area (Å²) in [7, 11) is 0. The summed E-state index contributed by atoms with van der Waals surface area (Å²) in [6.07, 6.45) is -0.555. The summed E-state index contributed by atoms with van der Waals surface area (Å²) in [4.78, 5) is 24.4. The van der Waals surface area contributed by atoms with E-state index in [1.165, 1.54) is 12.1 Å². The largest absolute Gasteiger partial charge is 0.480 e. The molecule has 0 saturated heterocycles. The van der Waals surface area contributed by atoms with E-state index in [2.05, 4.69) is 5.32 Å². The Hall–Kier alpha value is -2.69. The first kappa shape index (κ1) is 16.2. The van der Waals surface area contributed by atoms with Crippen molar-refractivity contribution in [1.29, 1.82) is 0 Å². The van der Waals surface area contributed by atoms with Crippen LogP contribution < -0.4 is 10.1 Å². The zero-order valence-corrected chi connectivity index (χ0v) is 13.5. The quantitative estimate of drug-likeness (QED) is 0.926. The van der Waals surface area contributed by atoms with Gasteiger partial charge in [-0.15, -0.1) is 0 Å². The molecule has 124 valence electrons. The van der Waals surface area contributed by atoms with Crippen LogP contribution in [0.4, 0.5) is 10.1 Å². The third-order valence-electron chi connectivity index (χ3n) is 4.13. The first-order valence-electron chi connectivity index (χ1n) is 7.85. The van der Waals surface area contributed by atoms with Crippen molar-refractivity contribution in [3.8, 4) is 5.75 Å². The highest BCUT2D eigenvalue weighted by Gasteiger charge is 2.33. The van der Waals surface area contributed by atoms with E-state index in [1.54, 1.807) is 19.1 Å². The topological polar surface area (TPSA) is 55.4 Å². The predicted octanol–water partition coefficient (Wildman–Crippen LogP) is 3.92. The molecule has 2 aromatic rings. The van der Waals surface area contributed by atoms with E-state index in [-0.39, 0.29) is 35.3 Å². The maximum atomic E-state index is 14.0. The Morgan fingerprint density at radius 1 is 1.25 bits per heavy atom. The van der Waals surface area contributed by atoms with Crippen LogP contribution in [0.3, 0.4) is 0 Å². The van der Waals surface area contributed by atoms with Crippen LogP contribution in [0, 0.1) is 5.82 Å². The van der Waals surface area contributed by atoms with Gasteiger partial charge in [0.05, 0.1) is 5.56 Å². The molecule has 0 heterocycles. The maximum Gasteiger partial charge on any atom is 0.265 e. The SMILES string of the molecule is C[C@@H](Oc1ccc(F)c2c1C(=O)C[C@@H]2C)C(=O)Nc1ccccc1. The van der Waals surface area contributed by atoms with E-state index in [9.17, 15) is 14.0 Å². The normalized spacial score (nSPS) is 17.3. The Kier molecular flexibility index (Phi) is 4.34. The smallest absolute Gasteiger partial charge is 0.265 e. The van der Waals surface area contributed by atoms with Crippen LogP contribution in [0.1, 0.15) is 42.1 Å². The lowest BCUT2D eigenvalue weighted by molar-refractivity contribution is -0.122. The molecule has 1 aliphatic carbocycles. The van der Waals surface area contributed by atoms with E-state index in [1.807, 2.05) is 25.1 Å². The Balaban J connectivity index is 1.79. The van der Waals surface area contributed by atoms with Crippen LogP contribution >= 0.6 is 0 Å². The van der Waals surface area contributed by atoms with Crippen LogP contribution in [-0.4, -0.2) is 17.8 Å². The number of anilines is 1. The lowest BCUT2D eigenvalue weighted by Crippen LogP contribution is -2.30. The Morgan fingerprint density at radius 3 is 2.67 bits per heavy atom. The number of ether oxygens (including phenoxy) is 1. The van der Waals surface area contributed by atoms with Gasteiger partial charge in [-0.25, -0.2) is 4.39 Å². The van der Waals surface area contributed by atoms with Crippen LogP contribution in [-0.2, 0) is 4.79 Å². The number of amides is 1. The number of rotatable bonds is 4. The molecule has 0 unspecified atom stereocenters. The minimum absolute atomic E-state index is 0.150. The average molecular weight is 327 g/mol. The van der Waals surface area contributed by atoms with Gasteiger partial charge in [0.2, 0.25) is 0 Å². The van der Waals surface area contributed by atoms with Crippen molar-refractivity contribution >= 4 is 17.4 Å². The first-order chi connectivity index (χ1) is 11.5. The fourth-order valence-corrected chi connectivity index (χ4v) is 2.93. The van der Waals surface area contributed by atoms with Gasteiger partial charge in [0.1, 0.15) is 11.6 Å². The fourth-order valence-electron chi connectivity index (χ4n) is 2.93. The molecule has 0 fully saturated rings. The van der Waals surface area contributed by atoms with Gasteiger partial charge in [-0.2, -0.15) is 0 Å². The molecule has 2 atom stereocenters. The van der Waals surface area contributed by atoms with E-state index < -0.39 is 11.9 Å². The molecule has 0 aliphatic heterocycles.